The second-order valence-electron chi connectivity index (χ2n) is 43.9. The number of rotatable bonds is 20. The van der Waals surface area contributed by atoms with Crippen molar-refractivity contribution in [3.05, 3.63) is 361 Å². The molecule has 0 N–H and O–H groups in total. The molecule has 12 heterocycles. The topological polar surface area (TPSA) is 133 Å². The van der Waals surface area contributed by atoms with Crippen LogP contribution in [0, 0.1) is 34.5 Å². The average molecular weight is 1890 g/mol. The highest BCUT2D eigenvalue weighted by atomic mass is 15.3. The van der Waals surface area contributed by atoms with Crippen LogP contribution < -0.4 is 0 Å². The SMILES string of the molecule is CC(C)(C)CCc1cccc2c1nc1n(-c3cccc(-n4c5ccccc5n5c6cccc(CCC(C)(C)C)c6nc45)c3)c3ccccc3n21.CC(C)CCc1cccc2c1nc1n(-c3cccc(-n4c5ccccc5n5c6cccc(CCC(C)C)c6nc45)c3)c3ccccc3n21.CC(C)Cc1cccc2c1nc1n(-c3cccc(-n4c5ccccc5n5c6cccc(CC(C)C)c6nc45)c3)c3ccccc3n21. The largest absolute Gasteiger partial charge is 0.278 e. The van der Waals surface area contributed by atoms with E-state index in [1.807, 2.05) is 0 Å². The molecule has 0 aliphatic heterocycles. The second-order valence-corrected chi connectivity index (χ2v) is 43.9. The first kappa shape index (κ1) is 89.3. The maximum Gasteiger partial charge on any atom is 0.220 e. The quantitative estimate of drug-likeness (QED) is 0.0746. The van der Waals surface area contributed by atoms with Crippen LogP contribution in [0.15, 0.2) is 328 Å². The van der Waals surface area contributed by atoms with Gasteiger partial charge in [0.05, 0.1) is 167 Å². The molecule has 0 saturated heterocycles. The zero-order valence-corrected chi connectivity index (χ0v) is 84.6. The van der Waals surface area contributed by atoms with Crippen LogP contribution in [0.25, 0.3) is 201 Å². The molecule has 0 aliphatic carbocycles. The first-order chi connectivity index (χ1) is 70.0. The van der Waals surface area contributed by atoms with E-state index in [2.05, 4.69) is 478 Å². The highest BCUT2D eigenvalue weighted by molar-refractivity contribution is 6.01. The number of para-hydroxylation sites is 18. The van der Waals surface area contributed by atoms with Crippen molar-refractivity contribution in [1.82, 2.24) is 83.7 Å². The second kappa shape index (κ2) is 35.0. The lowest BCUT2D eigenvalue weighted by molar-refractivity contribution is 0.378. The lowest BCUT2D eigenvalue weighted by Crippen LogP contribution is -2.06. The van der Waals surface area contributed by atoms with E-state index in [-0.39, 0.29) is 10.8 Å². The molecule has 12 aromatic heterocycles. The van der Waals surface area contributed by atoms with Gasteiger partial charge in [-0.15, -0.1) is 0 Å². The molecule has 0 atom stereocenters. The van der Waals surface area contributed by atoms with Gasteiger partial charge in [-0.25, -0.2) is 29.9 Å². The summed E-state index contributed by atoms with van der Waals surface area (Å²) >= 11 is 0. The van der Waals surface area contributed by atoms with E-state index in [1.54, 1.807) is 0 Å². The number of nitrogens with zero attached hydrogens (tertiary/aromatic N) is 18. The highest BCUT2D eigenvalue weighted by Crippen LogP contribution is 2.43. The van der Waals surface area contributed by atoms with Gasteiger partial charge in [0, 0.05) is 0 Å². The minimum Gasteiger partial charge on any atom is -0.278 e. The van der Waals surface area contributed by atoms with Crippen LogP contribution in [0.5, 0.6) is 0 Å². The van der Waals surface area contributed by atoms with Gasteiger partial charge in [0.1, 0.15) is 0 Å². The molecule has 27 aromatic rings. The Morgan fingerprint density at radius 2 is 0.361 bits per heavy atom. The van der Waals surface area contributed by atoms with Crippen LogP contribution in [0.1, 0.15) is 156 Å². The normalized spacial score (nSPS) is 12.6. The third-order valence-corrected chi connectivity index (χ3v) is 29.5. The van der Waals surface area contributed by atoms with E-state index >= 15 is 0 Å². The van der Waals surface area contributed by atoms with Crippen molar-refractivity contribution in [2.75, 3.05) is 0 Å². The molecule has 18 nitrogen and oxygen atoms in total. The van der Waals surface area contributed by atoms with Gasteiger partial charge in [-0.3, -0.25) is 53.8 Å². The summed E-state index contributed by atoms with van der Waals surface area (Å²) in [6.07, 6.45) is 10.6. The molecule has 0 aliphatic rings. The molecule has 0 saturated carbocycles. The van der Waals surface area contributed by atoms with Crippen LogP contribution in [-0.4, -0.2) is 83.7 Å². The van der Waals surface area contributed by atoms with Crippen LogP contribution in [0.3, 0.4) is 0 Å². The fourth-order valence-electron chi connectivity index (χ4n) is 22.7. The van der Waals surface area contributed by atoms with Crippen molar-refractivity contribution in [1.29, 1.82) is 0 Å². The summed E-state index contributed by atoms with van der Waals surface area (Å²) in [7, 11) is 0. The molecule has 18 heteroatoms. The Hall–Kier alpha value is -16.1. The fourth-order valence-corrected chi connectivity index (χ4v) is 22.7. The van der Waals surface area contributed by atoms with Gasteiger partial charge in [0.2, 0.25) is 34.7 Å². The Balaban J connectivity index is 0.000000113. The fraction of sp³-hybridized carbons (Fsp3) is 0.238. The number of aryl methyl sites for hydroxylation is 4. The van der Waals surface area contributed by atoms with E-state index in [9.17, 15) is 0 Å². The van der Waals surface area contributed by atoms with Crippen molar-refractivity contribution in [3.63, 3.8) is 0 Å². The summed E-state index contributed by atoms with van der Waals surface area (Å²) in [4.78, 5) is 32.2. The first-order valence-electron chi connectivity index (χ1n) is 51.7. The molecule has 0 radical (unpaired) electrons. The van der Waals surface area contributed by atoms with Gasteiger partial charge < -0.3 is 0 Å². The highest BCUT2D eigenvalue weighted by Gasteiger charge is 2.30. The van der Waals surface area contributed by atoms with Gasteiger partial charge in [-0.2, -0.15) is 0 Å². The standard InChI is InChI=1S/C44H44N6.C42H40N6.C40H36N6/c1-43(2,3)26-24-29-14-11-22-37-39(29)45-41-47(33-18-7-9-20-35(33)49(37)41)31-16-13-17-32(28-31)48-34-19-8-10-21-36(34)50-38-23-12-15-30(25-27-44(4,5)6)40(38)46-42(48)50;1-27(2)22-24-29-12-9-20-37-39(29)43-41-45(33-16-5-7-18-35(33)47(37)41)31-14-11-15-32(26-31)46-34-17-6-8-19-36(34)48-38-21-10-13-30(25-23-28(3)4)40(38)44-42(46)48;1-25(2)22-27-12-9-20-35-37(27)41-39-43(31-16-5-7-18-33(31)45(35)39)29-14-11-15-30(24-29)44-32-17-6-8-19-34(32)46-36-21-10-13-28(23-26(3)4)38(36)42-40(44)46/h7-23,28H,24-27H2,1-6H3;5-21,26-28H,22-25H2,1-4H3;5-21,24-26H,22-23H2,1-4H3. The van der Waals surface area contributed by atoms with E-state index in [4.69, 9.17) is 29.9 Å². The van der Waals surface area contributed by atoms with Crippen molar-refractivity contribution < 1.29 is 0 Å². The maximum absolute atomic E-state index is 5.40. The van der Waals surface area contributed by atoms with Crippen molar-refractivity contribution in [2.24, 2.45) is 34.5 Å². The molecule has 15 aromatic carbocycles. The van der Waals surface area contributed by atoms with E-state index in [1.165, 1.54) is 33.4 Å². The Morgan fingerprint density at radius 1 is 0.188 bits per heavy atom. The molecule has 714 valence electrons. The Labute approximate surface area is 836 Å². The third kappa shape index (κ3) is 15.0. The van der Waals surface area contributed by atoms with Gasteiger partial charge in [-0.05, 0) is 296 Å². The molecule has 27 rings (SSSR count). The Bertz CT molecular complexity index is 9200. The third-order valence-electron chi connectivity index (χ3n) is 29.5. The molecule has 0 fully saturated rings. The summed E-state index contributed by atoms with van der Waals surface area (Å²) in [5, 5.41) is 0. The van der Waals surface area contributed by atoms with Crippen LogP contribution in [0.2, 0.25) is 0 Å². The van der Waals surface area contributed by atoms with Gasteiger partial charge in [-0.1, -0.05) is 261 Å². The predicted octanol–water partition coefficient (Wildman–Crippen LogP) is 31.1. The molecular formula is C126H120N18. The van der Waals surface area contributed by atoms with Crippen molar-refractivity contribution in [3.8, 4) is 34.1 Å². The Morgan fingerprint density at radius 3 is 0.556 bits per heavy atom. The summed E-state index contributed by atoms with van der Waals surface area (Å²) < 4.78 is 27.9. The van der Waals surface area contributed by atoms with Crippen LogP contribution in [0.4, 0.5) is 0 Å². The monoisotopic (exact) mass is 1880 g/mol. The summed E-state index contributed by atoms with van der Waals surface area (Å²) in [5.74, 6) is 7.98. The van der Waals surface area contributed by atoms with Crippen molar-refractivity contribution in [2.45, 2.75) is 161 Å². The molecule has 0 unspecified atom stereocenters. The lowest BCUT2D eigenvalue weighted by atomic mass is 9.88. The molecule has 0 bridgehead atoms. The van der Waals surface area contributed by atoms with Gasteiger partial charge >= 0.3 is 0 Å². The van der Waals surface area contributed by atoms with Gasteiger partial charge in [0.15, 0.2) is 0 Å². The van der Waals surface area contributed by atoms with Crippen molar-refractivity contribution >= 4 is 167 Å². The summed E-state index contributed by atoms with van der Waals surface area (Å²) in [6.45, 7) is 32.1. The van der Waals surface area contributed by atoms with Crippen LogP contribution in [-0.2, 0) is 38.5 Å². The number of hydrogen-bond acceptors (Lipinski definition) is 6. The minimum absolute atomic E-state index is 0.256. The zero-order valence-electron chi connectivity index (χ0n) is 84.6. The predicted molar refractivity (Wildman–Crippen MR) is 597 cm³/mol. The molecule has 144 heavy (non-hydrogen) atoms. The van der Waals surface area contributed by atoms with E-state index in [0.29, 0.717) is 23.7 Å². The number of fused-ring (bicyclic) bond motifs is 30. The maximum atomic E-state index is 5.40. The lowest BCUT2D eigenvalue weighted by Gasteiger charge is -2.17. The Kier molecular flexibility index (Phi) is 21.7. The average Bonchev–Trinajstić information content (AvgIpc) is 1.56. The first-order valence-corrected chi connectivity index (χ1v) is 51.7. The molecule has 0 spiro atoms. The van der Waals surface area contributed by atoms with E-state index in [0.717, 1.165) is 265 Å². The molecular weight excluding hydrogens is 1770 g/mol. The zero-order chi connectivity index (χ0) is 98.0. The summed E-state index contributed by atoms with van der Waals surface area (Å²) in [6, 6.07) is 118. The molecule has 0 amide bonds. The number of benzene rings is 15. The summed E-state index contributed by atoms with van der Waals surface area (Å²) in [5.41, 5.74) is 41.9. The van der Waals surface area contributed by atoms with Crippen LogP contribution >= 0.6 is 0 Å². The van der Waals surface area contributed by atoms with Gasteiger partial charge in [0.25, 0.3) is 0 Å². The minimum atomic E-state index is 0.256. The number of aromatic nitrogens is 18. The smallest absolute Gasteiger partial charge is 0.220 e. The van der Waals surface area contributed by atoms with E-state index < -0.39 is 0 Å². The number of imidazole rings is 12. The number of hydrogen-bond donors (Lipinski definition) is 0.